The molecule has 0 spiro atoms. The SMILES string of the molecule is CCS(=O)(=O)Nc1cccc(C(=O)NNC(=O)COc2ccccc2-c2ccccc2)c1. The van der Waals surface area contributed by atoms with Crippen LogP contribution in [0, 0.1) is 0 Å². The number of ether oxygens (including phenoxy) is 1. The van der Waals surface area contributed by atoms with Crippen LogP contribution in [0.1, 0.15) is 17.3 Å². The van der Waals surface area contributed by atoms with Gasteiger partial charge in [0.05, 0.1) is 5.75 Å². The topological polar surface area (TPSA) is 114 Å². The summed E-state index contributed by atoms with van der Waals surface area (Å²) in [5.74, 6) is -0.701. The number of carbonyl (C=O) groups is 2. The Morgan fingerprint density at radius 1 is 0.875 bits per heavy atom. The number of para-hydroxylation sites is 1. The summed E-state index contributed by atoms with van der Waals surface area (Å²) in [4.78, 5) is 24.5. The molecule has 9 heteroatoms. The van der Waals surface area contributed by atoms with E-state index in [2.05, 4.69) is 15.6 Å². The number of benzene rings is 3. The minimum Gasteiger partial charge on any atom is -0.483 e. The van der Waals surface area contributed by atoms with Crippen LogP contribution >= 0.6 is 0 Å². The monoisotopic (exact) mass is 453 g/mol. The molecule has 0 atom stereocenters. The third-order valence-electron chi connectivity index (χ3n) is 4.42. The Hall–Kier alpha value is -3.85. The zero-order valence-corrected chi connectivity index (χ0v) is 18.2. The minimum atomic E-state index is -3.47. The zero-order valence-electron chi connectivity index (χ0n) is 17.4. The Bertz CT molecular complexity index is 1200. The number of anilines is 1. The summed E-state index contributed by atoms with van der Waals surface area (Å²) in [6.07, 6.45) is 0. The molecule has 0 aliphatic heterocycles. The molecule has 3 aromatic rings. The number of rotatable bonds is 8. The van der Waals surface area contributed by atoms with Crippen LogP contribution < -0.4 is 20.3 Å². The van der Waals surface area contributed by atoms with Gasteiger partial charge < -0.3 is 4.74 Å². The molecule has 3 N–H and O–H groups in total. The van der Waals surface area contributed by atoms with Crippen LogP contribution in [0.4, 0.5) is 5.69 Å². The molecular formula is C23H23N3O5S. The number of hydrazine groups is 1. The van der Waals surface area contributed by atoms with Crippen LogP contribution in [0.25, 0.3) is 11.1 Å². The van der Waals surface area contributed by atoms with Crippen molar-refractivity contribution < 1.29 is 22.7 Å². The maximum Gasteiger partial charge on any atom is 0.276 e. The highest BCUT2D eigenvalue weighted by Crippen LogP contribution is 2.29. The molecule has 32 heavy (non-hydrogen) atoms. The van der Waals surface area contributed by atoms with Crippen LogP contribution in [0.5, 0.6) is 5.75 Å². The first-order chi connectivity index (χ1) is 15.4. The molecule has 3 rings (SSSR count). The molecule has 0 radical (unpaired) electrons. The fraction of sp³-hybridized carbons (Fsp3) is 0.130. The fourth-order valence-electron chi connectivity index (χ4n) is 2.80. The normalized spacial score (nSPS) is 10.8. The molecule has 3 aromatic carbocycles. The third-order valence-corrected chi connectivity index (χ3v) is 5.73. The first-order valence-electron chi connectivity index (χ1n) is 9.85. The van der Waals surface area contributed by atoms with Crippen LogP contribution in [-0.4, -0.2) is 32.6 Å². The second-order valence-electron chi connectivity index (χ2n) is 6.74. The summed E-state index contributed by atoms with van der Waals surface area (Å²) in [5, 5.41) is 0. The first kappa shape index (κ1) is 22.8. The molecule has 0 aliphatic rings. The van der Waals surface area contributed by atoms with E-state index in [-0.39, 0.29) is 23.6 Å². The predicted molar refractivity (Wildman–Crippen MR) is 123 cm³/mol. The van der Waals surface area contributed by atoms with Crippen molar-refractivity contribution in [1.82, 2.24) is 10.9 Å². The van der Waals surface area contributed by atoms with E-state index in [1.54, 1.807) is 12.1 Å². The Balaban J connectivity index is 1.56. The second kappa shape index (κ2) is 10.5. The summed E-state index contributed by atoms with van der Waals surface area (Å²) in [7, 11) is -3.47. The van der Waals surface area contributed by atoms with Gasteiger partial charge in [-0.15, -0.1) is 0 Å². The van der Waals surface area contributed by atoms with Gasteiger partial charge in [0.25, 0.3) is 11.8 Å². The number of carbonyl (C=O) groups excluding carboxylic acids is 2. The molecule has 0 unspecified atom stereocenters. The smallest absolute Gasteiger partial charge is 0.276 e. The molecule has 0 saturated carbocycles. The average molecular weight is 454 g/mol. The van der Waals surface area contributed by atoms with Crippen LogP contribution in [0.2, 0.25) is 0 Å². The van der Waals surface area contributed by atoms with Crippen molar-refractivity contribution in [3.63, 3.8) is 0 Å². The maximum atomic E-state index is 12.3. The lowest BCUT2D eigenvalue weighted by Crippen LogP contribution is -2.43. The lowest BCUT2D eigenvalue weighted by Gasteiger charge is -2.12. The van der Waals surface area contributed by atoms with E-state index >= 15 is 0 Å². The molecule has 0 fully saturated rings. The van der Waals surface area contributed by atoms with Crippen molar-refractivity contribution in [2.75, 3.05) is 17.1 Å². The number of nitrogens with one attached hydrogen (secondary N) is 3. The van der Waals surface area contributed by atoms with Gasteiger partial charge in [0, 0.05) is 16.8 Å². The fourth-order valence-corrected chi connectivity index (χ4v) is 3.43. The lowest BCUT2D eigenvalue weighted by molar-refractivity contribution is -0.123. The third kappa shape index (κ3) is 6.32. The van der Waals surface area contributed by atoms with E-state index in [0.29, 0.717) is 5.75 Å². The van der Waals surface area contributed by atoms with Crippen molar-refractivity contribution in [1.29, 1.82) is 0 Å². The van der Waals surface area contributed by atoms with Crippen molar-refractivity contribution in [2.45, 2.75) is 6.92 Å². The highest BCUT2D eigenvalue weighted by molar-refractivity contribution is 7.92. The summed E-state index contributed by atoms with van der Waals surface area (Å²) >= 11 is 0. The van der Waals surface area contributed by atoms with Crippen molar-refractivity contribution >= 4 is 27.5 Å². The van der Waals surface area contributed by atoms with E-state index in [1.807, 2.05) is 42.5 Å². The lowest BCUT2D eigenvalue weighted by atomic mass is 10.1. The van der Waals surface area contributed by atoms with Gasteiger partial charge >= 0.3 is 0 Å². The van der Waals surface area contributed by atoms with Gasteiger partial charge in [-0.3, -0.25) is 25.2 Å². The van der Waals surface area contributed by atoms with E-state index in [0.717, 1.165) is 11.1 Å². The summed E-state index contributed by atoms with van der Waals surface area (Å²) in [5.41, 5.74) is 6.81. The quantitative estimate of drug-likeness (QED) is 0.454. The van der Waals surface area contributed by atoms with E-state index < -0.39 is 21.8 Å². The van der Waals surface area contributed by atoms with Gasteiger partial charge in [-0.2, -0.15) is 0 Å². The van der Waals surface area contributed by atoms with Crippen LogP contribution in [-0.2, 0) is 14.8 Å². The van der Waals surface area contributed by atoms with Gasteiger partial charge in [-0.05, 0) is 36.8 Å². The molecule has 0 bridgehead atoms. The molecular weight excluding hydrogens is 430 g/mol. The van der Waals surface area contributed by atoms with Gasteiger partial charge in [-0.1, -0.05) is 54.6 Å². The Kier molecular flexibility index (Phi) is 7.45. The van der Waals surface area contributed by atoms with Gasteiger partial charge in [0.15, 0.2) is 6.61 Å². The summed E-state index contributed by atoms with van der Waals surface area (Å²) in [6, 6.07) is 22.9. The van der Waals surface area contributed by atoms with Crippen molar-refractivity contribution in [3.05, 3.63) is 84.4 Å². The number of sulfonamides is 1. The number of amides is 2. The maximum absolute atomic E-state index is 12.3. The highest BCUT2D eigenvalue weighted by atomic mass is 32.2. The Morgan fingerprint density at radius 3 is 2.34 bits per heavy atom. The minimum absolute atomic E-state index is 0.0904. The Morgan fingerprint density at radius 2 is 1.59 bits per heavy atom. The van der Waals surface area contributed by atoms with Crippen LogP contribution in [0.3, 0.4) is 0 Å². The zero-order chi connectivity index (χ0) is 23.0. The number of hydrogen-bond donors (Lipinski definition) is 3. The molecule has 0 heterocycles. The summed E-state index contributed by atoms with van der Waals surface area (Å²) in [6.45, 7) is 1.20. The molecule has 0 aliphatic carbocycles. The number of hydrogen-bond acceptors (Lipinski definition) is 5. The van der Waals surface area contributed by atoms with Gasteiger partial charge in [0.2, 0.25) is 10.0 Å². The predicted octanol–water partition coefficient (Wildman–Crippen LogP) is 2.96. The molecule has 166 valence electrons. The Labute approximate surface area is 186 Å². The van der Waals surface area contributed by atoms with Crippen molar-refractivity contribution in [3.8, 4) is 16.9 Å². The largest absolute Gasteiger partial charge is 0.483 e. The molecule has 0 saturated heterocycles. The van der Waals surface area contributed by atoms with E-state index in [4.69, 9.17) is 4.74 Å². The average Bonchev–Trinajstić information content (AvgIpc) is 2.82. The van der Waals surface area contributed by atoms with Gasteiger partial charge in [0.1, 0.15) is 5.75 Å². The van der Waals surface area contributed by atoms with E-state index in [9.17, 15) is 18.0 Å². The molecule has 2 amide bonds. The van der Waals surface area contributed by atoms with E-state index in [1.165, 1.54) is 31.2 Å². The highest BCUT2D eigenvalue weighted by Gasteiger charge is 2.12. The standard InChI is InChI=1S/C23H23N3O5S/c1-2-32(29,30)26-19-12-8-11-18(15-19)23(28)25-24-22(27)16-31-21-14-7-6-13-20(21)17-9-4-3-5-10-17/h3-15,26H,2,16H2,1H3,(H,24,27)(H,25,28). The molecule has 8 nitrogen and oxygen atoms in total. The second-order valence-corrected chi connectivity index (χ2v) is 8.75. The molecule has 0 aromatic heterocycles. The van der Waals surface area contributed by atoms with Gasteiger partial charge in [-0.25, -0.2) is 8.42 Å². The van der Waals surface area contributed by atoms with Crippen molar-refractivity contribution in [2.24, 2.45) is 0 Å². The summed E-state index contributed by atoms with van der Waals surface area (Å²) < 4.78 is 31.4. The van der Waals surface area contributed by atoms with Crippen LogP contribution in [0.15, 0.2) is 78.9 Å². The first-order valence-corrected chi connectivity index (χ1v) is 11.5.